The van der Waals surface area contributed by atoms with Gasteiger partial charge in [0.1, 0.15) is 12.2 Å². The highest BCUT2D eigenvalue weighted by Crippen LogP contribution is 2.53. The predicted molar refractivity (Wildman–Crippen MR) is 87.3 cm³/mol. The minimum absolute atomic E-state index is 0.00966. The lowest BCUT2D eigenvalue weighted by Gasteiger charge is -2.29. The molecule has 0 spiro atoms. The summed E-state index contributed by atoms with van der Waals surface area (Å²) in [5, 5.41) is 10.2. The molecule has 0 aromatic carbocycles. The summed E-state index contributed by atoms with van der Waals surface area (Å²) < 4.78 is 16.6. The number of hydrogen-bond donors (Lipinski definition) is 1. The standard InChI is InChI=1S/C19H24O6/c1-8-5-13(24-18(22)19(4)7-23-19)15-10(3)17(21)25-16(15)14-9(2)12(20)6-11(8)14/h10-16,20H,1-2,5-7H2,3-4H3/t10-,11-,12-,13-,14-,15+,16+,19-/m0/s1. The highest BCUT2D eigenvalue weighted by atomic mass is 16.6. The summed E-state index contributed by atoms with van der Waals surface area (Å²) in [6.07, 6.45) is -0.547. The van der Waals surface area contributed by atoms with E-state index in [4.69, 9.17) is 14.2 Å². The monoisotopic (exact) mass is 348 g/mol. The zero-order valence-corrected chi connectivity index (χ0v) is 14.6. The van der Waals surface area contributed by atoms with Crippen molar-refractivity contribution in [3.63, 3.8) is 0 Å². The van der Waals surface area contributed by atoms with Gasteiger partial charge in [-0.1, -0.05) is 25.7 Å². The number of aliphatic hydroxyl groups is 1. The van der Waals surface area contributed by atoms with Crippen LogP contribution in [0.1, 0.15) is 26.7 Å². The fourth-order valence-corrected chi connectivity index (χ4v) is 4.64. The highest BCUT2D eigenvalue weighted by molar-refractivity contribution is 5.82. The number of fused-ring (bicyclic) bond motifs is 3. The second-order valence-electron chi connectivity index (χ2n) is 8.05. The molecule has 4 rings (SSSR count). The van der Waals surface area contributed by atoms with Crippen molar-refractivity contribution < 1.29 is 28.9 Å². The van der Waals surface area contributed by atoms with E-state index < -0.39 is 29.9 Å². The van der Waals surface area contributed by atoms with E-state index in [1.54, 1.807) is 13.8 Å². The maximum absolute atomic E-state index is 12.4. The topological polar surface area (TPSA) is 85.4 Å². The number of carbonyl (C=O) groups is 2. The summed E-state index contributed by atoms with van der Waals surface area (Å²) in [5.74, 6) is -1.52. The average Bonchev–Trinajstić information content (AvgIpc) is 3.17. The van der Waals surface area contributed by atoms with Crippen LogP contribution in [0.5, 0.6) is 0 Å². The molecule has 2 saturated heterocycles. The smallest absolute Gasteiger partial charge is 0.340 e. The van der Waals surface area contributed by atoms with E-state index in [0.29, 0.717) is 25.0 Å². The Morgan fingerprint density at radius 3 is 2.72 bits per heavy atom. The summed E-state index contributed by atoms with van der Waals surface area (Å²) in [6, 6.07) is 0. The lowest BCUT2D eigenvalue weighted by Crippen LogP contribution is -2.40. The van der Waals surface area contributed by atoms with Crippen molar-refractivity contribution in [3.05, 3.63) is 24.3 Å². The molecule has 0 bridgehead atoms. The molecule has 2 aliphatic carbocycles. The van der Waals surface area contributed by atoms with Crippen LogP contribution in [0.2, 0.25) is 0 Å². The molecule has 0 aromatic heterocycles. The molecule has 2 saturated carbocycles. The van der Waals surface area contributed by atoms with Gasteiger partial charge in [0, 0.05) is 18.3 Å². The molecule has 2 aliphatic heterocycles. The third kappa shape index (κ3) is 2.46. The normalized spacial score (nSPS) is 48.4. The molecule has 6 nitrogen and oxygen atoms in total. The Labute approximate surface area is 146 Å². The molecule has 25 heavy (non-hydrogen) atoms. The van der Waals surface area contributed by atoms with Crippen LogP contribution in [0.15, 0.2) is 24.3 Å². The number of epoxide rings is 1. The van der Waals surface area contributed by atoms with Gasteiger partial charge in [0.15, 0.2) is 5.60 Å². The first-order chi connectivity index (χ1) is 11.7. The van der Waals surface area contributed by atoms with Crippen LogP contribution >= 0.6 is 0 Å². The van der Waals surface area contributed by atoms with Crippen molar-refractivity contribution in [2.75, 3.05) is 6.61 Å². The van der Waals surface area contributed by atoms with Gasteiger partial charge in [0.25, 0.3) is 0 Å². The van der Waals surface area contributed by atoms with Gasteiger partial charge < -0.3 is 19.3 Å². The van der Waals surface area contributed by atoms with E-state index in [1.165, 1.54) is 0 Å². The zero-order chi connectivity index (χ0) is 18.1. The number of aliphatic hydroxyl groups excluding tert-OH is 1. The Hall–Kier alpha value is -1.66. The van der Waals surface area contributed by atoms with Gasteiger partial charge in [-0.25, -0.2) is 4.79 Å². The molecule has 0 aromatic rings. The van der Waals surface area contributed by atoms with Crippen LogP contribution in [0.4, 0.5) is 0 Å². The third-order valence-corrected chi connectivity index (χ3v) is 6.39. The number of hydrogen-bond acceptors (Lipinski definition) is 6. The molecule has 4 aliphatic rings. The van der Waals surface area contributed by atoms with Crippen LogP contribution in [-0.4, -0.2) is 47.6 Å². The Balaban J connectivity index is 1.67. The Morgan fingerprint density at radius 1 is 1.40 bits per heavy atom. The van der Waals surface area contributed by atoms with E-state index in [0.717, 1.165) is 5.57 Å². The fourth-order valence-electron chi connectivity index (χ4n) is 4.64. The summed E-state index contributed by atoms with van der Waals surface area (Å²) in [6.45, 7) is 12.1. The number of carbonyl (C=O) groups excluding carboxylic acids is 2. The van der Waals surface area contributed by atoms with E-state index >= 15 is 0 Å². The van der Waals surface area contributed by atoms with Gasteiger partial charge in [-0.3, -0.25) is 4.79 Å². The third-order valence-electron chi connectivity index (χ3n) is 6.39. The molecule has 136 valence electrons. The zero-order valence-electron chi connectivity index (χ0n) is 14.6. The average molecular weight is 348 g/mol. The summed E-state index contributed by atoms with van der Waals surface area (Å²) in [7, 11) is 0. The molecule has 0 amide bonds. The highest BCUT2D eigenvalue weighted by Gasteiger charge is 2.59. The lowest BCUT2D eigenvalue weighted by atomic mass is 9.79. The van der Waals surface area contributed by atoms with Gasteiger partial charge in [-0.15, -0.1) is 0 Å². The molecule has 0 unspecified atom stereocenters. The molecule has 1 N–H and O–H groups in total. The van der Waals surface area contributed by atoms with Crippen molar-refractivity contribution in [1.29, 1.82) is 0 Å². The van der Waals surface area contributed by atoms with Crippen molar-refractivity contribution in [3.8, 4) is 0 Å². The first-order valence-electron chi connectivity index (χ1n) is 8.83. The lowest BCUT2D eigenvalue weighted by molar-refractivity contribution is -0.159. The molecular weight excluding hydrogens is 324 g/mol. The molecule has 6 heteroatoms. The maximum Gasteiger partial charge on any atom is 0.340 e. The van der Waals surface area contributed by atoms with Crippen molar-refractivity contribution in [2.45, 2.75) is 50.6 Å². The Kier molecular flexibility index (Phi) is 3.64. The Morgan fingerprint density at radius 2 is 2.08 bits per heavy atom. The van der Waals surface area contributed by atoms with Gasteiger partial charge in [0.2, 0.25) is 0 Å². The number of esters is 2. The van der Waals surface area contributed by atoms with E-state index in [2.05, 4.69) is 13.2 Å². The predicted octanol–water partition coefficient (Wildman–Crippen LogP) is 1.38. The molecule has 8 atom stereocenters. The van der Waals surface area contributed by atoms with E-state index in [-0.39, 0.29) is 29.6 Å². The molecule has 2 heterocycles. The van der Waals surface area contributed by atoms with Gasteiger partial charge in [-0.05, 0) is 24.8 Å². The first-order valence-corrected chi connectivity index (χ1v) is 8.83. The fraction of sp³-hybridized carbons (Fsp3) is 0.684. The Bertz CT molecular complexity index is 663. The number of ether oxygens (including phenoxy) is 3. The van der Waals surface area contributed by atoms with Crippen LogP contribution in [0, 0.1) is 23.7 Å². The van der Waals surface area contributed by atoms with Crippen LogP contribution < -0.4 is 0 Å². The van der Waals surface area contributed by atoms with Gasteiger partial charge >= 0.3 is 11.9 Å². The first kappa shape index (κ1) is 16.8. The maximum atomic E-state index is 12.4. The summed E-state index contributed by atoms with van der Waals surface area (Å²) in [5.41, 5.74) is 0.735. The van der Waals surface area contributed by atoms with Crippen molar-refractivity contribution >= 4 is 11.9 Å². The van der Waals surface area contributed by atoms with Crippen molar-refractivity contribution in [2.24, 2.45) is 23.7 Å². The molecule has 4 fully saturated rings. The van der Waals surface area contributed by atoms with Gasteiger partial charge in [0.05, 0.1) is 18.6 Å². The molecule has 0 radical (unpaired) electrons. The van der Waals surface area contributed by atoms with Crippen molar-refractivity contribution in [1.82, 2.24) is 0 Å². The largest absolute Gasteiger partial charge is 0.461 e. The van der Waals surface area contributed by atoms with Gasteiger partial charge in [-0.2, -0.15) is 0 Å². The van der Waals surface area contributed by atoms with E-state index in [9.17, 15) is 14.7 Å². The number of rotatable bonds is 2. The second-order valence-corrected chi connectivity index (χ2v) is 8.05. The van der Waals surface area contributed by atoms with Crippen LogP contribution in [-0.2, 0) is 23.8 Å². The summed E-state index contributed by atoms with van der Waals surface area (Å²) >= 11 is 0. The minimum atomic E-state index is -0.870. The van der Waals surface area contributed by atoms with E-state index in [1.807, 2.05) is 0 Å². The second kappa shape index (κ2) is 5.42. The SMILES string of the molecule is C=C1[C@@H]2[C@H]3OC(=O)[C@@H](C)[C@@H]3[C@@H](OC(=O)[C@]3(C)CO3)CC(=C)[C@@H]2C[C@@H]1O. The van der Waals surface area contributed by atoms with Crippen LogP contribution in [0.25, 0.3) is 0 Å². The van der Waals surface area contributed by atoms with Crippen LogP contribution in [0.3, 0.4) is 0 Å². The quantitative estimate of drug-likeness (QED) is 0.461. The molecular formula is C19H24O6. The summed E-state index contributed by atoms with van der Waals surface area (Å²) in [4.78, 5) is 24.6. The minimum Gasteiger partial charge on any atom is -0.461 e.